The Labute approximate surface area is 99.3 Å². The lowest BCUT2D eigenvalue weighted by atomic mass is 10.1. The van der Waals surface area contributed by atoms with Crippen molar-refractivity contribution in [2.24, 2.45) is 5.73 Å². The van der Waals surface area contributed by atoms with Gasteiger partial charge in [0.05, 0.1) is 17.6 Å². The van der Waals surface area contributed by atoms with Crippen molar-refractivity contribution in [3.63, 3.8) is 0 Å². The van der Waals surface area contributed by atoms with Crippen LogP contribution in [0.3, 0.4) is 0 Å². The van der Waals surface area contributed by atoms with Gasteiger partial charge >= 0.3 is 0 Å². The number of nitrogens with zero attached hydrogens (tertiary/aromatic N) is 2. The van der Waals surface area contributed by atoms with Gasteiger partial charge in [0.25, 0.3) is 0 Å². The maximum Gasteiger partial charge on any atom is 0.116 e. The van der Waals surface area contributed by atoms with Crippen LogP contribution in [-0.4, -0.2) is 28.2 Å². The van der Waals surface area contributed by atoms with E-state index in [0.717, 1.165) is 16.9 Å². The molecule has 88 valence electrons. The topological polar surface area (TPSA) is 84.1 Å². The van der Waals surface area contributed by atoms with E-state index in [1.54, 1.807) is 24.4 Å². The van der Waals surface area contributed by atoms with Crippen LogP contribution in [0, 0.1) is 0 Å². The summed E-state index contributed by atoms with van der Waals surface area (Å²) in [6.07, 6.45) is 3.18. The van der Waals surface area contributed by atoms with E-state index in [-0.39, 0.29) is 5.75 Å². The fourth-order valence-electron chi connectivity index (χ4n) is 1.55. The second kappa shape index (κ2) is 5.27. The van der Waals surface area contributed by atoms with Gasteiger partial charge in [0.2, 0.25) is 0 Å². The van der Waals surface area contributed by atoms with E-state index in [2.05, 4.69) is 15.3 Å². The molecule has 0 radical (unpaired) electrons. The van der Waals surface area contributed by atoms with Gasteiger partial charge in [-0.05, 0) is 12.1 Å². The summed E-state index contributed by atoms with van der Waals surface area (Å²) in [5, 5.41) is 12.6. The van der Waals surface area contributed by atoms with Crippen LogP contribution in [0.25, 0.3) is 11.3 Å². The van der Waals surface area contributed by atoms with Crippen molar-refractivity contribution in [1.82, 2.24) is 9.97 Å². The molecule has 1 heterocycles. The van der Waals surface area contributed by atoms with Crippen LogP contribution < -0.4 is 11.1 Å². The van der Waals surface area contributed by atoms with E-state index in [0.29, 0.717) is 13.1 Å². The summed E-state index contributed by atoms with van der Waals surface area (Å²) in [4.78, 5) is 8.19. The van der Waals surface area contributed by atoms with Crippen molar-refractivity contribution in [3.05, 3.63) is 36.8 Å². The lowest BCUT2D eigenvalue weighted by Gasteiger charge is -2.09. The number of nitrogens with one attached hydrogen (secondary N) is 1. The van der Waals surface area contributed by atoms with E-state index >= 15 is 0 Å². The minimum absolute atomic E-state index is 0.214. The standard InChI is InChI=1S/C12H14N4O/c13-4-5-15-11-7-14-8-16-12(11)9-2-1-3-10(17)6-9/h1-3,6-8,15,17H,4-5,13H2. The first-order valence-corrected chi connectivity index (χ1v) is 5.34. The zero-order valence-corrected chi connectivity index (χ0v) is 9.30. The summed E-state index contributed by atoms with van der Waals surface area (Å²) in [6.45, 7) is 1.19. The average molecular weight is 230 g/mol. The van der Waals surface area contributed by atoms with E-state index in [4.69, 9.17) is 5.73 Å². The third-order valence-electron chi connectivity index (χ3n) is 2.29. The Morgan fingerprint density at radius 1 is 1.35 bits per heavy atom. The molecule has 0 aliphatic carbocycles. The van der Waals surface area contributed by atoms with Crippen molar-refractivity contribution in [3.8, 4) is 17.0 Å². The van der Waals surface area contributed by atoms with Gasteiger partial charge in [-0.2, -0.15) is 0 Å². The molecule has 0 aliphatic rings. The highest BCUT2D eigenvalue weighted by molar-refractivity contribution is 5.74. The molecule has 0 spiro atoms. The smallest absolute Gasteiger partial charge is 0.116 e. The van der Waals surface area contributed by atoms with Gasteiger partial charge in [0.1, 0.15) is 12.1 Å². The van der Waals surface area contributed by atoms with Gasteiger partial charge < -0.3 is 16.2 Å². The number of aromatic nitrogens is 2. The van der Waals surface area contributed by atoms with Crippen LogP contribution in [0.1, 0.15) is 0 Å². The van der Waals surface area contributed by atoms with Crippen LogP contribution in [0.15, 0.2) is 36.8 Å². The molecule has 0 aliphatic heterocycles. The second-order valence-electron chi connectivity index (χ2n) is 3.55. The Balaban J connectivity index is 2.37. The van der Waals surface area contributed by atoms with E-state index < -0.39 is 0 Å². The Morgan fingerprint density at radius 3 is 3.00 bits per heavy atom. The first kappa shape index (κ1) is 11.3. The number of phenols is 1. The molecule has 1 aromatic heterocycles. The zero-order valence-electron chi connectivity index (χ0n) is 9.30. The fraction of sp³-hybridized carbons (Fsp3) is 0.167. The van der Waals surface area contributed by atoms with Gasteiger partial charge in [-0.3, -0.25) is 0 Å². The first-order chi connectivity index (χ1) is 8.31. The van der Waals surface area contributed by atoms with Gasteiger partial charge in [-0.25, -0.2) is 9.97 Å². The zero-order chi connectivity index (χ0) is 12.1. The van der Waals surface area contributed by atoms with Crippen molar-refractivity contribution >= 4 is 5.69 Å². The number of hydrogen-bond acceptors (Lipinski definition) is 5. The molecular weight excluding hydrogens is 216 g/mol. The van der Waals surface area contributed by atoms with Crippen molar-refractivity contribution in [2.75, 3.05) is 18.4 Å². The molecular formula is C12H14N4O. The Bertz CT molecular complexity index is 501. The molecule has 0 amide bonds. The summed E-state index contributed by atoms with van der Waals surface area (Å²) in [5.74, 6) is 0.214. The van der Waals surface area contributed by atoms with Gasteiger partial charge in [-0.1, -0.05) is 12.1 Å². The van der Waals surface area contributed by atoms with Crippen LogP contribution in [-0.2, 0) is 0 Å². The second-order valence-corrected chi connectivity index (χ2v) is 3.55. The van der Waals surface area contributed by atoms with Crippen LogP contribution >= 0.6 is 0 Å². The summed E-state index contributed by atoms with van der Waals surface area (Å²) in [5.41, 5.74) is 7.85. The lowest BCUT2D eigenvalue weighted by Crippen LogP contribution is -2.14. The number of aromatic hydroxyl groups is 1. The van der Waals surface area contributed by atoms with E-state index in [9.17, 15) is 5.11 Å². The van der Waals surface area contributed by atoms with Gasteiger partial charge in [-0.15, -0.1) is 0 Å². The number of rotatable bonds is 4. The number of phenolic OH excluding ortho intramolecular Hbond substituents is 1. The highest BCUT2D eigenvalue weighted by Crippen LogP contribution is 2.26. The minimum Gasteiger partial charge on any atom is -0.508 e. The van der Waals surface area contributed by atoms with Crippen molar-refractivity contribution in [1.29, 1.82) is 0 Å². The van der Waals surface area contributed by atoms with Gasteiger partial charge in [0, 0.05) is 18.7 Å². The highest BCUT2D eigenvalue weighted by atomic mass is 16.3. The number of hydrogen-bond donors (Lipinski definition) is 3. The number of anilines is 1. The SMILES string of the molecule is NCCNc1cncnc1-c1cccc(O)c1. The minimum atomic E-state index is 0.214. The van der Waals surface area contributed by atoms with Crippen LogP contribution in [0.4, 0.5) is 5.69 Å². The maximum atomic E-state index is 9.46. The number of nitrogens with two attached hydrogens (primary N) is 1. The highest BCUT2D eigenvalue weighted by Gasteiger charge is 2.06. The molecule has 4 N–H and O–H groups in total. The Hall–Kier alpha value is -2.14. The monoisotopic (exact) mass is 230 g/mol. The largest absolute Gasteiger partial charge is 0.508 e. The molecule has 17 heavy (non-hydrogen) atoms. The molecule has 0 saturated carbocycles. The van der Waals surface area contributed by atoms with Crippen LogP contribution in [0.5, 0.6) is 5.75 Å². The molecule has 0 unspecified atom stereocenters. The molecule has 0 atom stereocenters. The van der Waals surface area contributed by atoms with Crippen molar-refractivity contribution in [2.45, 2.75) is 0 Å². The summed E-state index contributed by atoms with van der Waals surface area (Å²) in [7, 11) is 0. The molecule has 5 nitrogen and oxygen atoms in total. The molecule has 0 saturated heterocycles. The maximum absolute atomic E-state index is 9.46. The van der Waals surface area contributed by atoms with Crippen molar-refractivity contribution < 1.29 is 5.11 Å². The quantitative estimate of drug-likeness (QED) is 0.735. The fourth-order valence-corrected chi connectivity index (χ4v) is 1.55. The normalized spacial score (nSPS) is 10.2. The summed E-state index contributed by atoms with van der Waals surface area (Å²) < 4.78 is 0. The van der Waals surface area contributed by atoms with E-state index in [1.807, 2.05) is 6.07 Å². The predicted molar refractivity (Wildman–Crippen MR) is 66.7 cm³/mol. The average Bonchev–Trinajstić information content (AvgIpc) is 2.37. The summed E-state index contributed by atoms with van der Waals surface area (Å²) >= 11 is 0. The molecule has 0 bridgehead atoms. The lowest BCUT2D eigenvalue weighted by molar-refractivity contribution is 0.475. The molecule has 0 fully saturated rings. The number of benzene rings is 1. The Kier molecular flexibility index (Phi) is 3.52. The molecule has 5 heteroatoms. The van der Waals surface area contributed by atoms with E-state index in [1.165, 1.54) is 6.33 Å². The molecule has 2 aromatic rings. The third kappa shape index (κ3) is 2.70. The van der Waals surface area contributed by atoms with Crippen LogP contribution in [0.2, 0.25) is 0 Å². The molecule has 1 aromatic carbocycles. The third-order valence-corrected chi connectivity index (χ3v) is 2.29. The van der Waals surface area contributed by atoms with Gasteiger partial charge in [0.15, 0.2) is 0 Å². The predicted octanol–water partition coefficient (Wildman–Crippen LogP) is 1.22. The Morgan fingerprint density at radius 2 is 2.24 bits per heavy atom. The first-order valence-electron chi connectivity index (χ1n) is 5.34. The molecule has 2 rings (SSSR count). The summed E-state index contributed by atoms with van der Waals surface area (Å²) in [6, 6.07) is 6.95.